The molecule has 1 rings (SSSR count). The van der Waals surface area contributed by atoms with E-state index >= 15 is 0 Å². The second kappa shape index (κ2) is 3.92. The van der Waals surface area contributed by atoms with E-state index in [0.717, 1.165) is 0 Å². The Kier molecular flexibility index (Phi) is 3.82. The van der Waals surface area contributed by atoms with E-state index in [9.17, 15) is 0 Å². The third-order valence-electron chi connectivity index (χ3n) is 1.53. The van der Waals surface area contributed by atoms with Crippen LogP contribution in [0.4, 0.5) is 0 Å². The van der Waals surface area contributed by atoms with Gasteiger partial charge in [0, 0.05) is 7.26 Å². The Morgan fingerprint density at radius 2 is 1.36 bits per heavy atom. The molecule has 0 saturated heterocycles. The van der Waals surface area contributed by atoms with Gasteiger partial charge in [-0.25, -0.2) is 0 Å². The summed E-state index contributed by atoms with van der Waals surface area (Å²) >= 11 is 0. The Balaban J connectivity index is 0.000001000. The monoisotopic (exact) mass is 164 g/mol. The maximum atomic E-state index is 2.34. The standard InChI is InChI=1S/C9H14P.B/c1-10(2,3)9-7-5-4-6-8-9;/h4-8H,1-3H3;/q+1;-1. The molecule has 0 spiro atoms. The molecule has 0 unspecified atom stereocenters. The van der Waals surface area contributed by atoms with Gasteiger partial charge in [-0.3, -0.25) is 0 Å². The normalized spacial score (nSPS) is 10.5. The van der Waals surface area contributed by atoms with Crippen LogP contribution < -0.4 is 5.30 Å². The highest BCUT2D eigenvalue weighted by atomic mass is 31.2. The summed E-state index contributed by atoms with van der Waals surface area (Å²) < 4.78 is 0. The summed E-state index contributed by atoms with van der Waals surface area (Å²) in [6.07, 6.45) is 0. The van der Waals surface area contributed by atoms with E-state index in [2.05, 4.69) is 50.3 Å². The fourth-order valence-corrected chi connectivity index (χ4v) is 1.94. The lowest BCUT2D eigenvalue weighted by atomic mass is 10.4. The molecule has 0 fully saturated rings. The first-order chi connectivity index (χ1) is 4.61. The van der Waals surface area contributed by atoms with Gasteiger partial charge >= 0.3 is 0 Å². The second-order valence-corrected chi connectivity index (χ2v) is 7.89. The molecule has 0 heterocycles. The highest BCUT2D eigenvalue weighted by molar-refractivity contribution is 7.80. The molecular weight excluding hydrogens is 150 g/mol. The van der Waals surface area contributed by atoms with Crippen LogP contribution in [0, 0.1) is 0 Å². The van der Waals surface area contributed by atoms with E-state index in [0.29, 0.717) is 0 Å². The molecule has 1 aromatic rings. The number of rotatable bonds is 1. The molecule has 2 heteroatoms. The first kappa shape index (κ1) is 10.7. The topological polar surface area (TPSA) is 0 Å². The van der Waals surface area contributed by atoms with Gasteiger partial charge in [0.2, 0.25) is 0 Å². The van der Waals surface area contributed by atoms with Crippen molar-refractivity contribution in [2.24, 2.45) is 0 Å². The molecule has 0 aliphatic rings. The summed E-state index contributed by atoms with van der Waals surface area (Å²) in [7, 11) is -0.768. The van der Waals surface area contributed by atoms with Gasteiger partial charge in [0.15, 0.2) is 0 Å². The number of hydrogen-bond acceptors (Lipinski definition) is 0. The van der Waals surface area contributed by atoms with Crippen molar-refractivity contribution in [3.63, 3.8) is 0 Å². The van der Waals surface area contributed by atoms with Crippen LogP contribution in [-0.4, -0.2) is 28.4 Å². The molecule has 58 valence electrons. The summed E-state index contributed by atoms with van der Waals surface area (Å²) in [5.41, 5.74) is 0. The van der Waals surface area contributed by atoms with Crippen LogP contribution in [0.2, 0.25) is 0 Å². The fraction of sp³-hybridized carbons (Fsp3) is 0.333. The maximum absolute atomic E-state index is 2.34. The number of hydrogen-bond donors (Lipinski definition) is 0. The van der Waals surface area contributed by atoms with E-state index in [-0.39, 0.29) is 8.41 Å². The molecule has 0 atom stereocenters. The molecule has 0 aromatic heterocycles. The quantitative estimate of drug-likeness (QED) is 0.438. The van der Waals surface area contributed by atoms with Crippen LogP contribution in [0.25, 0.3) is 0 Å². The molecule has 11 heavy (non-hydrogen) atoms. The molecule has 1 aromatic carbocycles. The van der Waals surface area contributed by atoms with E-state index in [1.54, 1.807) is 0 Å². The van der Waals surface area contributed by atoms with Gasteiger partial charge in [0.25, 0.3) is 0 Å². The van der Waals surface area contributed by atoms with Crippen molar-refractivity contribution in [2.75, 3.05) is 20.0 Å². The highest BCUT2D eigenvalue weighted by Gasteiger charge is 2.19. The first-order valence-corrected chi connectivity index (χ1v) is 6.61. The third kappa shape index (κ3) is 3.07. The molecule has 0 aliphatic heterocycles. The predicted molar refractivity (Wildman–Crippen MR) is 56.5 cm³/mol. The molecule has 0 aliphatic carbocycles. The summed E-state index contributed by atoms with van der Waals surface area (Å²) in [6, 6.07) is 10.7. The van der Waals surface area contributed by atoms with Gasteiger partial charge in [-0.1, -0.05) is 18.2 Å². The molecule has 0 bridgehead atoms. The minimum atomic E-state index is -0.768. The van der Waals surface area contributed by atoms with Gasteiger partial charge in [-0.15, -0.1) is 0 Å². The lowest BCUT2D eigenvalue weighted by Crippen LogP contribution is -2.05. The van der Waals surface area contributed by atoms with E-state index in [1.807, 2.05) is 0 Å². The van der Waals surface area contributed by atoms with Crippen LogP contribution in [0.5, 0.6) is 0 Å². The van der Waals surface area contributed by atoms with Crippen LogP contribution in [0.15, 0.2) is 30.3 Å². The largest absolute Gasteiger partial charge is 1.00 e. The summed E-state index contributed by atoms with van der Waals surface area (Å²) in [4.78, 5) is 0. The van der Waals surface area contributed by atoms with E-state index < -0.39 is 7.26 Å². The van der Waals surface area contributed by atoms with Crippen molar-refractivity contribution in [2.45, 2.75) is 0 Å². The SMILES string of the molecule is C[P+](C)(C)c1ccccc1.[B-]. The fourth-order valence-electron chi connectivity index (χ4n) is 0.875. The van der Waals surface area contributed by atoms with Gasteiger partial charge in [0.1, 0.15) is 0 Å². The van der Waals surface area contributed by atoms with Gasteiger partial charge in [-0.05, 0) is 12.1 Å². The molecule has 4 radical (unpaired) electrons. The second-order valence-electron chi connectivity index (χ2n) is 3.35. The lowest BCUT2D eigenvalue weighted by molar-refractivity contribution is 1.75. The first-order valence-electron chi connectivity index (χ1n) is 3.48. The van der Waals surface area contributed by atoms with Crippen molar-refractivity contribution >= 4 is 21.0 Å². The number of benzene rings is 1. The Morgan fingerprint density at radius 1 is 0.909 bits per heavy atom. The average Bonchev–Trinajstić information content (AvgIpc) is 1.88. The summed E-state index contributed by atoms with van der Waals surface area (Å²) in [5.74, 6) is 0. The lowest BCUT2D eigenvalue weighted by Gasteiger charge is -2.10. The van der Waals surface area contributed by atoms with Crippen molar-refractivity contribution in [1.29, 1.82) is 0 Å². The summed E-state index contributed by atoms with van der Waals surface area (Å²) in [6.45, 7) is 7.01. The van der Waals surface area contributed by atoms with Gasteiger partial charge in [0.05, 0.1) is 25.3 Å². The smallest absolute Gasteiger partial charge is 0.0930 e. The zero-order chi connectivity index (χ0) is 7.61. The van der Waals surface area contributed by atoms with Crippen LogP contribution in [0.3, 0.4) is 0 Å². The maximum Gasteiger partial charge on any atom is 0.0930 e. The molecular formula is C9H14BP. The zero-order valence-corrected chi connectivity index (χ0v) is 8.31. The summed E-state index contributed by atoms with van der Waals surface area (Å²) in [5, 5.41) is 1.51. The van der Waals surface area contributed by atoms with Crippen LogP contribution in [-0.2, 0) is 0 Å². The van der Waals surface area contributed by atoms with Gasteiger partial charge < -0.3 is 8.41 Å². The van der Waals surface area contributed by atoms with Gasteiger partial charge in [-0.2, -0.15) is 0 Å². The Labute approximate surface area is 71.9 Å². The van der Waals surface area contributed by atoms with Crippen molar-refractivity contribution in [3.05, 3.63) is 30.3 Å². The van der Waals surface area contributed by atoms with E-state index in [1.165, 1.54) is 5.30 Å². The van der Waals surface area contributed by atoms with Crippen LogP contribution >= 0.6 is 7.26 Å². The molecule has 0 N–H and O–H groups in total. The van der Waals surface area contributed by atoms with Crippen LogP contribution in [0.1, 0.15) is 0 Å². The molecule has 0 nitrogen and oxygen atoms in total. The Morgan fingerprint density at radius 3 is 1.64 bits per heavy atom. The van der Waals surface area contributed by atoms with E-state index in [4.69, 9.17) is 0 Å². The Bertz CT molecular complexity index is 201. The van der Waals surface area contributed by atoms with Crippen molar-refractivity contribution < 1.29 is 0 Å². The van der Waals surface area contributed by atoms with Crippen molar-refractivity contribution in [3.8, 4) is 0 Å². The van der Waals surface area contributed by atoms with Crippen molar-refractivity contribution in [1.82, 2.24) is 0 Å². The minimum absolute atomic E-state index is 0. The average molecular weight is 164 g/mol. The highest BCUT2D eigenvalue weighted by Crippen LogP contribution is 2.44. The zero-order valence-electron chi connectivity index (χ0n) is 7.41. The minimum Gasteiger partial charge on any atom is -1.00 e. The molecule has 0 saturated carbocycles. The third-order valence-corrected chi connectivity index (χ3v) is 3.38. The predicted octanol–water partition coefficient (Wildman–Crippen LogP) is 1.84. The molecule has 0 amide bonds. The Hall–Kier alpha value is -0.285.